The maximum absolute atomic E-state index is 5.88. The molecule has 0 aliphatic rings. The molecule has 0 amide bonds. The minimum Gasteiger partial charge on any atom is -0.376 e. The third kappa shape index (κ3) is 7.41. The Kier molecular flexibility index (Phi) is 7.21. The fraction of sp³-hybridized carbons (Fsp3) is 0.647. The highest BCUT2D eigenvalue weighted by Crippen LogP contribution is 2.23. The van der Waals surface area contributed by atoms with Crippen molar-refractivity contribution < 1.29 is 4.74 Å². The van der Waals surface area contributed by atoms with Gasteiger partial charge in [0.25, 0.3) is 0 Å². The van der Waals surface area contributed by atoms with E-state index in [1.54, 1.807) is 0 Å². The molecule has 3 heteroatoms. The lowest BCUT2D eigenvalue weighted by Gasteiger charge is -2.24. The number of hydrogen-bond acceptors (Lipinski definition) is 2. The van der Waals surface area contributed by atoms with Crippen molar-refractivity contribution in [3.63, 3.8) is 0 Å². The van der Waals surface area contributed by atoms with Gasteiger partial charge in [-0.05, 0) is 50.8 Å². The highest BCUT2D eigenvalue weighted by atomic mass is 79.9. The molecule has 0 spiro atoms. The Morgan fingerprint density at radius 3 is 2.50 bits per heavy atom. The molecule has 0 aromatic heterocycles. The van der Waals surface area contributed by atoms with Crippen LogP contribution in [0.4, 0.5) is 0 Å². The number of benzene rings is 1. The molecule has 1 aromatic rings. The topological polar surface area (TPSA) is 21.3 Å². The zero-order valence-electron chi connectivity index (χ0n) is 13.4. The summed E-state index contributed by atoms with van der Waals surface area (Å²) in [7, 11) is 0. The van der Waals surface area contributed by atoms with Crippen LogP contribution < -0.4 is 5.32 Å². The average molecular weight is 342 g/mol. The van der Waals surface area contributed by atoms with Crippen molar-refractivity contribution in [2.24, 2.45) is 0 Å². The van der Waals surface area contributed by atoms with Crippen molar-refractivity contribution in [2.75, 3.05) is 13.2 Å². The molecule has 1 aromatic carbocycles. The third-order valence-corrected chi connectivity index (χ3v) is 3.59. The molecule has 1 rings (SSSR count). The van der Waals surface area contributed by atoms with Gasteiger partial charge in [0.2, 0.25) is 0 Å². The first-order valence-electron chi connectivity index (χ1n) is 7.41. The van der Waals surface area contributed by atoms with E-state index in [-0.39, 0.29) is 5.60 Å². The molecule has 0 aliphatic carbocycles. The summed E-state index contributed by atoms with van der Waals surface area (Å²) in [5, 5.41) is 3.54. The van der Waals surface area contributed by atoms with Gasteiger partial charge < -0.3 is 10.1 Å². The highest BCUT2D eigenvalue weighted by molar-refractivity contribution is 9.10. The molecule has 1 atom stereocenters. The summed E-state index contributed by atoms with van der Waals surface area (Å²) in [4.78, 5) is 0. The van der Waals surface area contributed by atoms with Gasteiger partial charge in [-0.1, -0.05) is 41.9 Å². The number of hydrogen-bond donors (Lipinski definition) is 1. The lowest BCUT2D eigenvalue weighted by molar-refractivity contribution is -0.00628. The van der Waals surface area contributed by atoms with Gasteiger partial charge in [0, 0.05) is 23.7 Å². The Hall–Kier alpha value is -0.380. The van der Waals surface area contributed by atoms with E-state index in [4.69, 9.17) is 4.74 Å². The van der Waals surface area contributed by atoms with Gasteiger partial charge in [0.05, 0.1) is 5.60 Å². The fourth-order valence-electron chi connectivity index (χ4n) is 2.03. The van der Waals surface area contributed by atoms with Crippen LogP contribution >= 0.6 is 15.9 Å². The van der Waals surface area contributed by atoms with Gasteiger partial charge in [-0.3, -0.25) is 0 Å². The molecule has 2 nitrogen and oxygen atoms in total. The molecule has 20 heavy (non-hydrogen) atoms. The molecular formula is C17H28BrNO. The van der Waals surface area contributed by atoms with Crippen molar-refractivity contribution in [1.29, 1.82) is 0 Å². The Morgan fingerprint density at radius 2 is 1.95 bits per heavy atom. The van der Waals surface area contributed by atoms with E-state index < -0.39 is 0 Å². The fourth-order valence-corrected chi connectivity index (χ4v) is 2.45. The quantitative estimate of drug-likeness (QED) is 0.773. The average Bonchev–Trinajstić information content (AvgIpc) is 2.31. The summed E-state index contributed by atoms with van der Waals surface area (Å²) in [6.07, 6.45) is 1.04. The van der Waals surface area contributed by atoms with Gasteiger partial charge in [0.15, 0.2) is 0 Å². The van der Waals surface area contributed by atoms with Crippen molar-refractivity contribution in [3.05, 3.63) is 34.3 Å². The van der Waals surface area contributed by atoms with Crippen LogP contribution in [0.25, 0.3) is 0 Å². The lowest BCUT2D eigenvalue weighted by atomic mass is 9.95. The molecule has 0 fully saturated rings. The standard InChI is InChI=1S/C17H28BrNO/c1-13(2)19-12-15(9-10-20-17(3,4)5)14-7-6-8-16(18)11-14/h6-8,11,13,15,19H,9-10,12H2,1-5H3. The van der Waals surface area contributed by atoms with E-state index in [9.17, 15) is 0 Å². The maximum Gasteiger partial charge on any atom is 0.0598 e. The molecule has 0 heterocycles. The molecule has 1 N–H and O–H groups in total. The van der Waals surface area contributed by atoms with Crippen molar-refractivity contribution in [1.82, 2.24) is 5.32 Å². The molecule has 0 saturated heterocycles. The van der Waals surface area contributed by atoms with Gasteiger partial charge in [0.1, 0.15) is 0 Å². The van der Waals surface area contributed by atoms with E-state index in [0.717, 1.165) is 24.0 Å². The summed E-state index contributed by atoms with van der Waals surface area (Å²) >= 11 is 3.56. The van der Waals surface area contributed by atoms with E-state index in [1.165, 1.54) is 5.56 Å². The second-order valence-corrected chi connectivity index (χ2v) is 7.48. The van der Waals surface area contributed by atoms with Crippen LogP contribution in [0, 0.1) is 0 Å². The minimum absolute atomic E-state index is 0.0622. The number of rotatable bonds is 7. The highest BCUT2D eigenvalue weighted by Gasteiger charge is 2.15. The van der Waals surface area contributed by atoms with E-state index in [0.29, 0.717) is 12.0 Å². The molecule has 0 saturated carbocycles. The SMILES string of the molecule is CC(C)NCC(CCOC(C)(C)C)c1cccc(Br)c1. The molecule has 0 radical (unpaired) electrons. The summed E-state index contributed by atoms with van der Waals surface area (Å²) in [5.74, 6) is 0.484. The third-order valence-electron chi connectivity index (χ3n) is 3.09. The van der Waals surface area contributed by atoms with Crippen LogP contribution in [0.5, 0.6) is 0 Å². The Morgan fingerprint density at radius 1 is 1.25 bits per heavy atom. The monoisotopic (exact) mass is 341 g/mol. The Balaban J connectivity index is 2.65. The first kappa shape index (κ1) is 17.7. The predicted octanol–water partition coefficient (Wildman–Crippen LogP) is 4.74. The normalized spacial score (nSPS) is 13.8. The van der Waals surface area contributed by atoms with Crippen LogP contribution in [-0.2, 0) is 4.74 Å². The minimum atomic E-state index is -0.0622. The van der Waals surface area contributed by atoms with Crippen LogP contribution in [0.3, 0.4) is 0 Å². The zero-order valence-corrected chi connectivity index (χ0v) is 15.0. The number of ether oxygens (including phenoxy) is 1. The number of halogens is 1. The predicted molar refractivity (Wildman–Crippen MR) is 90.3 cm³/mol. The zero-order chi connectivity index (χ0) is 15.2. The van der Waals surface area contributed by atoms with Gasteiger partial charge >= 0.3 is 0 Å². The van der Waals surface area contributed by atoms with Crippen molar-refractivity contribution in [2.45, 2.75) is 58.6 Å². The second-order valence-electron chi connectivity index (χ2n) is 6.56. The van der Waals surface area contributed by atoms with Gasteiger partial charge in [-0.15, -0.1) is 0 Å². The van der Waals surface area contributed by atoms with Crippen molar-refractivity contribution >= 4 is 15.9 Å². The van der Waals surface area contributed by atoms with Crippen LogP contribution in [0.1, 0.15) is 52.5 Å². The Bertz CT molecular complexity index is 398. The Labute approximate surface area is 132 Å². The molecular weight excluding hydrogens is 314 g/mol. The van der Waals surface area contributed by atoms with E-state index in [2.05, 4.69) is 80.1 Å². The molecule has 114 valence electrons. The maximum atomic E-state index is 5.88. The smallest absolute Gasteiger partial charge is 0.0598 e. The van der Waals surface area contributed by atoms with Crippen LogP contribution in [0.2, 0.25) is 0 Å². The molecule has 0 bridgehead atoms. The lowest BCUT2D eigenvalue weighted by Crippen LogP contribution is -2.29. The summed E-state index contributed by atoms with van der Waals surface area (Å²) in [6.45, 7) is 12.5. The summed E-state index contributed by atoms with van der Waals surface area (Å²) in [6, 6.07) is 9.10. The molecule has 0 aliphatic heterocycles. The number of nitrogens with one attached hydrogen (secondary N) is 1. The summed E-state index contributed by atoms with van der Waals surface area (Å²) in [5.41, 5.74) is 1.30. The van der Waals surface area contributed by atoms with Crippen LogP contribution in [0.15, 0.2) is 28.7 Å². The van der Waals surface area contributed by atoms with E-state index in [1.807, 2.05) is 0 Å². The van der Waals surface area contributed by atoms with Crippen molar-refractivity contribution in [3.8, 4) is 0 Å². The first-order valence-corrected chi connectivity index (χ1v) is 8.20. The summed E-state index contributed by atoms with van der Waals surface area (Å²) < 4.78 is 7.02. The van der Waals surface area contributed by atoms with Gasteiger partial charge in [-0.2, -0.15) is 0 Å². The first-order chi connectivity index (χ1) is 9.28. The largest absolute Gasteiger partial charge is 0.376 e. The van der Waals surface area contributed by atoms with E-state index >= 15 is 0 Å². The molecule has 1 unspecified atom stereocenters. The van der Waals surface area contributed by atoms with Crippen LogP contribution in [-0.4, -0.2) is 24.8 Å². The second kappa shape index (κ2) is 8.16. The van der Waals surface area contributed by atoms with Gasteiger partial charge in [-0.25, -0.2) is 0 Å².